The Kier molecular flexibility index (Phi) is 5.43. The predicted octanol–water partition coefficient (Wildman–Crippen LogP) is 1.71. The van der Waals surface area contributed by atoms with Crippen molar-refractivity contribution in [1.82, 2.24) is 24.8 Å². The number of piperidine rings is 1. The summed E-state index contributed by atoms with van der Waals surface area (Å²) in [7, 11) is 1.91. The Balaban J connectivity index is 1.46. The van der Waals surface area contributed by atoms with Gasteiger partial charge in [0.1, 0.15) is 5.82 Å². The number of nitrogens with zero attached hydrogens (tertiary/aromatic N) is 4. The summed E-state index contributed by atoms with van der Waals surface area (Å²) in [6.07, 6.45) is 7.32. The molecule has 0 aromatic carbocycles. The van der Waals surface area contributed by atoms with E-state index in [0.29, 0.717) is 19.7 Å². The lowest BCUT2D eigenvalue weighted by atomic mass is 10.1. The zero-order valence-electron chi connectivity index (χ0n) is 13.9. The van der Waals surface area contributed by atoms with Crippen molar-refractivity contribution in [2.75, 3.05) is 13.1 Å². The van der Waals surface area contributed by atoms with Crippen LogP contribution in [0.1, 0.15) is 24.4 Å². The number of amides is 2. The number of ether oxygens (including phenoxy) is 1. The third-order valence-corrected chi connectivity index (χ3v) is 4.18. The first-order valence-corrected chi connectivity index (χ1v) is 8.23. The molecule has 0 bridgehead atoms. The topological polar surface area (TPSA) is 72.3 Å². The number of aryl methyl sites for hydroxylation is 1. The summed E-state index contributed by atoms with van der Waals surface area (Å²) in [4.78, 5) is 22.6. The zero-order valence-corrected chi connectivity index (χ0v) is 13.9. The zero-order chi connectivity index (χ0) is 16.8. The maximum Gasteiger partial charge on any atom is 0.317 e. The summed E-state index contributed by atoms with van der Waals surface area (Å²) >= 11 is 0. The smallest absolute Gasteiger partial charge is 0.317 e. The van der Waals surface area contributed by atoms with Crippen LogP contribution in [-0.4, -0.2) is 44.7 Å². The maximum atomic E-state index is 12.3. The van der Waals surface area contributed by atoms with Crippen molar-refractivity contribution < 1.29 is 9.53 Å². The van der Waals surface area contributed by atoms with Crippen LogP contribution in [-0.2, 0) is 24.9 Å². The number of pyridine rings is 1. The summed E-state index contributed by atoms with van der Waals surface area (Å²) in [6.45, 7) is 2.28. The SMILES string of the molecule is Cn1ccnc1CNC(=O)N1CCC[C@@H](OCc2ccccn2)C1. The van der Waals surface area contributed by atoms with Gasteiger partial charge in [0.25, 0.3) is 0 Å². The standard InChI is InChI=1S/C17H23N5O2/c1-21-10-8-19-16(21)11-20-17(23)22-9-4-6-15(12-22)24-13-14-5-2-3-7-18-14/h2-3,5,7-8,10,15H,4,6,9,11-13H2,1H3,(H,20,23)/t15-/m1/s1. The molecule has 0 radical (unpaired) electrons. The Labute approximate surface area is 141 Å². The van der Waals surface area contributed by atoms with E-state index in [1.807, 2.05) is 40.9 Å². The highest BCUT2D eigenvalue weighted by Gasteiger charge is 2.24. The van der Waals surface area contributed by atoms with Gasteiger partial charge in [-0.2, -0.15) is 0 Å². The number of nitrogens with one attached hydrogen (secondary N) is 1. The number of likely N-dealkylation sites (tertiary alicyclic amines) is 1. The Morgan fingerprint density at radius 2 is 2.29 bits per heavy atom. The molecule has 2 amide bonds. The summed E-state index contributed by atoms with van der Waals surface area (Å²) in [5, 5.41) is 2.93. The molecule has 128 valence electrons. The van der Waals surface area contributed by atoms with Gasteiger partial charge >= 0.3 is 6.03 Å². The van der Waals surface area contributed by atoms with Gasteiger partial charge in [-0.15, -0.1) is 0 Å². The molecule has 7 heteroatoms. The van der Waals surface area contributed by atoms with Crippen molar-refractivity contribution in [2.45, 2.75) is 32.1 Å². The molecule has 3 heterocycles. The van der Waals surface area contributed by atoms with E-state index < -0.39 is 0 Å². The minimum absolute atomic E-state index is 0.0552. The summed E-state index contributed by atoms with van der Waals surface area (Å²) in [6, 6.07) is 5.71. The lowest BCUT2D eigenvalue weighted by Crippen LogP contribution is -2.47. The Bertz CT molecular complexity index is 658. The lowest BCUT2D eigenvalue weighted by molar-refractivity contribution is -0.00170. The summed E-state index contributed by atoms with van der Waals surface area (Å²) in [5.74, 6) is 0.836. The maximum absolute atomic E-state index is 12.3. The molecule has 2 aromatic rings. The molecule has 1 atom stereocenters. The van der Waals surface area contributed by atoms with Gasteiger partial charge in [-0.1, -0.05) is 6.07 Å². The molecule has 1 aliphatic heterocycles. The second-order valence-electron chi connectivity index (χ2n) is 5.96. The Hall–Kier alpha value is -2.41. The highest BCUT2D eigenvalue weighted by Crippen LogP contribution is 2.15. The van der Waals surface area contributed by atoms with Gasteiger partial charge in [-0.25, -0.2) is 9.78 Å². The monoisotopic (exact) mass is 329 g/mol. The number of hydrogen-bond acceptors (Lipinski definition) is 4. The largest absolute Gasteiger partial charge is 0.370 e. The molecule has 1 saturated heterocycles. The fourth-order valence-corrected chi connectivity index (χ4v) is 2.78. The lowest BCUT2D eigenvalue weighted by Gasteiger charge is -2.32. The van der Waals surface area contributed by atoms with Gasteiger partial charge in [0.15, 0.2) is 0 Å². The number of carbonyl (C=O) groups excluding carboxylic acids is 1. The van der Waals surface area contributed by atoms with Crippen LogP contribution in [0, 0.1) is 0 Å². The number of rotatable bonds is 5. The molecular formula is C17H23N5O2. The van der Waals surface area contributed by atoms with Crippen LogP contribution < -0.4 is 5.32 Å². The van der Waals surface area contributed by atoms with Crippen molar-refractivity contribution >= 4 is 6.03 Å². The van der Waals surface area contributed by atoms with E-state index in [2.05, 4.69) is 15.3 Å². The molecule has 1 N–H and O–H groups in total. The van der Waals surface area contributed by atoms with Crippen molar-refractivity contribution in [3.05, 3.63) is 48.3 Å². The minimum Gasteiger partial charge on any atom is -0.370 e. The summed E-state index contributed by atoms with van der Waals surface area (Å²) in [5.41, 5.74) is 0.911. The van der Waals surface area contributed by atoms with E-state index in [-0.39, 0.29) is 12.1 Å². The van der Waals surface area contributed by atoms with E-state index in [4.69, 9.17) is 4.74 Å². The van der Waals surface area contributed by atoms with Crippen molar-refractivity contribution in [3.8, 4) is 0 Å². The highest BCUT2D eigenvalue weighted by molar-refractivity contribution is 5.74. The average molecular weight is 329 g/mol. The molecule has 0 spiro atoms. The number of carbonyl (C=O) groups is 1. The van der Waals surface area contributed by atoms with Gasteiger partial charge in [-0.05, 0) is 25.0 Å². The van der Waals surface area contributed by atoms with Crippen molar-refractivity contribution in [2.24, 2.45) is 7.05 Å². The van der Waals surface area contributed by atoms with Gasteiger partial charge in [0.05, 0.1) is 24.9 Å². The quantitative estimate of drug-likeness (QED) is 0.906. The van der Waals surface area contributed by atoms with Crippen LogP contribution in [0.4, 0.5) is 4.79 Å². The van der Waals surface area contributed by atoms with Crippen LogP contribution in [0.3, 0.4) is 0 Å². The van der Waals surface area contributed by atoms with E-state index >= 15 is 0 Å². The second kappa shape index (κ2) is 7.92. The van der Waals surface area contributed by atoms with E-state index in [9.17, 15) is 4.79 Å². The van der Waals surface area contributed by atoms with Crippen LogP contribution >= 0.6 is 0 Å². The highest BCUT2D eigenvalue weighted by atomic mass is 16.5. The van der Waals surface area contributed by atoms with Gasteiger partial charge in [0, 0.05) is 38.7 Å². The first-order chi connectivity index (χ1) is 11.7. The number of aromatic nitrogens is 3. The summed E-state index contributed by atoms with van der Waals surface area (Å²) < 4.78 is 7.82. The molecule has 24 heavy (non-hydrogen) atoms. The van der Waals surface area contributed by atoms with Crippen LogP contribution in [0.2, 0.25) is 0 Å². The first kappa shape index (κ1) is 16.4. The molecule has 1 fully saturated rings. The number of hydrogen-bond donors (Lipinski definition) is 1. The first-order valence-electron chi connectivity index (χ1n) is 8.23. The van der Waals surface area contributed by atoms with Crippen molar-refractivity contribution in [1.29, 1.82) is 0 Å². The Morgan fingerprint density at radius 1 is 1.38 bits per heavy atom. The number of urea groups is 1. The molecule has 0 aliphatic carbocycles. The molecule has 7 nitrogen and oxygen atoms in total. The molecule has 2 aromatic heterocycles. The number of imidazole rings is 1. The fraction of sp³-hybridized carbons (Fsp3) is 0.471. The minimum atomic E-state index is -0.0656. The fourth-order valence-electron chi connectivity index (χ4n) is 2.78. The predicted molar refractivity (Wildman–Crippen MR) is 89.1 cm³/mol. The molecule has 0 unspecified atom stereocenters. The third-order valence-electron chi connectivity index (χ3n) is 4.18. The van der Waals surface area contributed by atoms with Crippen molar-refractivity contribution in [3.63, 3.8) is 0 Å². The van der Waals surface area contributed by atoms with E-state index in [1.165, 1.54) is 0 Å². The molecular weight excluding hydrogens is 306 g/mol. The normalized spacial score (nSPS) is 17.7. The van der Waals surface area contributed by atoms with E-state index in [0.717, 1.165) is 30.9 Å². The third kappa shape index (κ3) is 4.32. The van der Waals surface area contributed by atoms with E-state index in [1.54, 1.807) is 12.4 Å². The Morgan fingerprint density at radius 3 is 3.04 bits per heavy atom. The van der Waals surface area contributed by atoms with Crippen LogP contribution in [0.25, 0.3) is 0 Å². The second-order valence-corrected chi connectivity index (χ2v) is 5.96. The van der Waals surface area contributed by atoms with Crippen LogP contribution in [0.15, 0.2) is 36.8 Å². The molecule has 3 rings (SSSR count). The van der Waals surface area contributed by atoms with Gasteiger partial charge in [0.2, 0.25) is 0 Å². The van der Waals surface area contributed by atoms with Gasteiger partial charge in [-0.3, -0.25) is 4.98 Å². The van der Waals surface area contributed by atoms with Crippen LogP contribution in [0.5, 0.6) is 0 Å². The average Bonchev–Trinajstić information content (AvgIpc) is 3.04. The molecule has 0 saturated carbocycles. The molecule has 1 aliphatic rings. The van der Waals surface area contributed by atoms with Gasteiger partial charge < -0.3 is 19.5 Å².